The van der Waals surface area contributed by atoms with Crippen LogP contribution in [0.4, 0.5) is 5.82 Å². The molecule has 0 aliphatic heterocycles. The van der Waals surface area contributed by atoms with Gasteiger partial charge in [-0.25, -0.2) is 9.50 Å². The first-order chi connectivity index (χ1) is 6.33. The molecule has 3 rings (SSSR count). The largest absolute Gasteiger partial charge is 0.382 e. The first kappa shape index (κ1) is 6.88. The first-order valence-corrected chi connectivity index (χ1v) is 4.44. The summed E-state index contributed by atoms with van der Waals surface area (Å²) in [5, 5.41) is 4.12. The van der Waals surface area contributed by atoms with Gasteiger partial charge in [0.15, 0.2) is 5.65 Å². The molecule has 0 saturated heterocycles. The van der Waals surface area contributed by atoms with E-state index in [1.165, 1.54) is 18.4 Å². The Balaban J connectivity index is 2.20. The molecule has 0 spiro atoms. The summed E-state index contributed by atoms with van der Waals surface area (Å²) in [5.41, 5.74) is 7.66. The van der Waals surface area contributed by atoms with E-state index in [-0.39, 0.29) is 0 Å². The Morgan fingerprint density at radius 3 is 3.08 bits per heavy atom. The topological polar surface area (TPSA) is 56.2 Å². The fourth-order valence-corrected chi connectivity index (χ4v) is 1.54. The lowest BCUT2D eigenvalue weighted by Crippen LogP contribution is -1.93. The molecule has 0 amide bonds. The molecular formula is C9H10N4. The molecule has 0 bridgehead atoms. The van der Waals surface area contributed by atoms with E-state index >= 15 is 0 Å². The number of hydrogen-bond acceptors (Lipinski definition) is 3. The molecule has 4 heteroatoms. The number of anilines is 1. The summed E-state index contributed by atoms with van der Waals surface area (Å²) in [5.74, 6) is 1.24. The predicted octanol–water partition coefficient (Wildman–Crippen LogP) is 1.19. The SMILES string of the molecule is Nc1cc2ncc(C3CC3)cn2n1. The molecular weight excluding hydrogens is 164 g/mol. The number of nitrogens with two attached hydrogens (primary N) is 1. The highest BCUT2D eigenvalue weighted by Gasteiger charge is 2.24. The fraction of sp³-hybridized carbons (Fsp3) is 0.333. The van der Waals surface area contributed by atoms with E-state index in [1.54, 1.807) is 10.6 Å². The molecule has 1 fully saturated rings. The highest BCUT2D eigenvalue weighted by atomic mass is 15.3. The third kappa shape index (κ3) is 1.06. The van der Waals surface area contributed by atoms with Gasteiger partial charge in [0.1, 0.15) is 5.82 Å². The van der Waals surface area contributed by atoms with E-state index in [9.17, 15) is 0 Å². The summed E-state index contributed by atoms with van der Waals surface area (Å²) in [6.07, 6.45) is 6.51. The van der Waals surface area contributed by atoms with E-state index in [0.29, 0.717) is 11.7 Å². The van der Waals surface area contributed by atoms with E-state index in [4.69, 9.17) is 5.73 Å². The Hall–Kier alpha value is -1.58. The van der Waals surface area contributed by atoms with E-state index in [2.05, 4.69) is 10.1 Å². The van der Waals surface area contributed by atoms with Gasteiger partial charge in [0.05, 0.1) is 0 Å². The van der Waals surface area contributed by atoms with Crippen molar-refractivity contribution in [3.63, 3.8) is 0 Å². The highest BCUT2D eigenvalue weighted by molar-refractivity contribution is 5.48. The van der Waals surface area contributed by atoms with Gasteiger partial charge in [0.25, 0.3) is 0 Å². The normalized spacial score (nSPS) is 16.6. The molecule has 1 aliphatic carbocycles. The summed E-state index contributed by atoms with van der Waals surface area (Å²) >= 11 is 0. The lowest BCUT2D eigenvalue weighted by molar-refractivity contribution is 0.912. The third-order valence-electron chi connectivity index (χ3n) is 2.40. The summed E-state index contributed by atoms with van der Waals surface area (Å²) in [4.78, 5) is 4.28. The standard InChI is InChI=1S/C9H10N4/c10-8-3-9-11-4-7(6-1-2-6)5-13(9)12-8/h3-6H,1-2H2,(H2,10,12). The van der Waals surface area contributed by atoms with Crippen molar-refractivity contribution in [1.82, 2.24) is 14.6 Å². The molecule has 0 unspecified atom stereocenters. The van der Waals surface area contributed by atoms with Crippen molar-refractivity contribution in [3.8, 4) is 0 Å². The average Bonchev–Trinajstić information content (AvgIpc) is 2.87. The molecule has 1 saturated carbocycles. The van der Waals surface area contributed by atoms with Crippen LogP contribution in [-0.2, 0) is 0 Å². The maximum absolute atomic E-state index is 5.56. The second-order valence-corrected chi connectivity index (χ2v) is 3.53. The maximum Gasteiger partial charge on any atom is 0.157 e. The van der Waals surface area contributed by atoms with Crippen LogP contribution in [0.25, 0.3) is 5.65 Å². The van der Waals surface area contributed by atoms with Crippen LogP contribution in [0.5, 0.6) is 0 Å². The highest BCUT2D eigenvalue weighted by Crippen LogP contribution is 2.39. The number of hydrogen-bond donors (Lipinski definition) is 1. The van der Waals surface area contributed by atoms with Crippen LogP contribution in [0, 0.1) is 0 Å². The number of nitrogen functional groups attached to an aromatic ring is 1. The van der Waals surface area contributed by atoms with Crippen LogP contribution in [0.3, 0.4) is 0 Å². The van der Waals surface area contributed by atoms with Crippen molar-refractivity contribution in [2.45, 2.75) is 18.8 Å². The van der Waals surface area contributed by atoms with Crippen molar-refractivity contribution in [1.29, 1.82) is 0 Å². The van der Waals surface area contributed by atoms with Crippen LogP contribution in [0.15, 0.2) is 18.5 Å². The minimum absolute atomic E-state index is 0.528. The molecule has 2 heterocycles. The van der Waals surface area contributed by atoms with Crippen molar-refractivity contribution in [2.75, 3.05) is 5.73 Å². The molecule has 0 aromatic carbocycles. The minimum atomic E-state index is 0.528. The predicted molar refractivity (Wildman–Crippen MR) is 49.4 cm³/mol. The number of aromatic nitrogens is 3. The van der Waals surface area contributed by atoms with Crippen LogP contribution < -0.4 is 5.73 Å². The summed E-state index contributed by atoms with van der Waals surface area (Å²) in [7, 11) is 0. The van der Waals surface area contributed by atoms with Crippen molar-refractivity contribution < 1.29 is 0 Å². The summed E-state index contributed by atoms with van der Waals surface area (Å²) in [6.45, 7) is 0. The molecule has 1 aliphatic rings. The summed E-state index contributed by atoms with van der Waals surface area (Å²) < 4.78 is 1.75. The van der Waals surface area contributed by atoms with Gasteiger partial charge >= 0.3 is 0 Å². The molecule has 2 aromatic heterocycles. The Kier molecular flexibility index (Phi) is 1.17. The molecule has 0 radical (unpaired) electrons. The molecule has 13 heavy (non-hydrogen) atoms. The molecule has 66 valence electrons. The molecule has 2 aromatic rings. The van der Waals surface area contributed by atoms with Gasteiger partial charge in [-0.2, -0.15) is 0 Å². The Bertz CT molecular complexity index is 456. The van der Waals surface area contributed by atoms with E-state index < -0.39 is 0 Å². The number of rotatable bonds is 1. The average molecular weight is 174 g/mol. The molecule has 4 nitrogen and oxygen atoms in total. The Labute approximate surface area is 75.4 Å². The van der Waals surface area contributed by atoms with Gasteiger partial charge in [-0.3, -0.25) is 0 Å². The van der Waals surface area contributed by atoms with Crippen molar-refractivity contribution in [3.05, 3.63) is 24.0 Å². The zero-order chi connectivity index (χ0) is 8.84. The van der Waals surface area contributed by atoms with Gasteiger partial charge in [0.2, 0.25) is 0 Å². The zero-order valence-corrected chi connectivity index (χ0v) is 7.14. The zero-order valence-electron chi connectivity index (χ0n) is 7.14. The monoisotopic (exact) mass is 174 g/mol. The minimum Gasteiger partial charge on any atom is -0.382 e. The summed E-state index contributed by atoms with van der Waals surface area (Å²) in [6, 6.07) is 1.77. The quantitative estimate of drug-likeness (QED) is 0.706. The van der Waals surface area contributed by atoms with Crippen LogP contribution in [-0.4, -0.2) is 14.6 Å². The number of fused-ring (bicyclic) bond motifs is 1. The van der Waals surface area contributed by atoms with Gasteiger partial charge in [-0.15, -0.1) is 5.10 Å². The van der Waals surface area contributed by atoms with E-state index in [0.717, 1.165) is 5.65 Å². The van der Waals surface area contributed by atoms with Crippen molar-refractivity contribution >= 4 is 11.5 Å². The fourth-order valence-electron chi connectivity index (χ4n) is 1.54. The van der Waals surface area contributed by atoms with Gasteiger partial charge < -0.3 is 5.73 Å². The Morgan fingerprint density at radius 1 is 1.46 bits per heavy atom. The smallest absolute Gasteiger partial charge is 0.157 e. The van der Waals surface area contributed by atoms with Crippen LogP contribution >= 0.6 is 0 Å². The van der Waals surface area contributed by atoms with Crippen LogP contribution in [0.1, 0.15) is 24.3 Å². The molecule has 0 atom stereocenters. The third-order valence-corrected chi connectivity index (χ3v) is 2.40. The Morgan fingerprint density at radius 2 is 2.31 bits per heavy atom. The van der Waals surface area contributed by atoms with Gasteiger partial charge in [-0.1, -0.05) is 0 Å². The number of nitrogens with zero attached hydrogens (tertiary/aromatic N) is 3. The lowest BCUT2D eigenvalue weighted by Gasteiger charge is -1.96. The lowest BCUT2D eigenvalue weighted by atomic mass is 10.2. The maximum atomic E-state index is 5.56. The first-order valence-electron chi connectivity index (χ1n) is 4.44. The second-order valence-electron chi connectivity index (χ2n) is 3.53. The second kappa shape index (κ2) is 2.22. The van der Waals surface area contributed by atoms with Gasteiger partial charge in [0, 0.05) is 18.5 Å². The van der Waals surface area contributed by atoms with E-state index in [1.807, 2.05) is 12.4 Å². The van der Waals surface area contributed by atoms with Gasteiger partial charge in [-0.05, 0) is 24.3 Å². The van der Waals surface area contributed by atoms with Crippen molar-refractivity contribution in [2.24, 2.45) is 0 Å². The molecule has 2 N–H and O–H groups in total. The van der Waals surface area contributed by atoms with Crippen LogP contribution in [0.2, 0.25) is 0 Å².